The Morgan fingerprint density at radius 3 is 2.94 bits per heavy atom. The Labute approximate surface area is 97.9 Å². The van der Waals surface area contributed by atoms with Crippen LogP contribution in [0.3, 0.4) is 0 Å². The lowest BCUT2D eigenvalue weighted by molar-refractivity contribution is -0.144. The van der Waals surface area contributed by atoms with E-state index in [1.807, 2.05) is 20.9 Å². The molecular formula is C12H23NO3. The average molecular weight is 229 g/mol. The zero-order valence-corrected chi connectivity index (χ0v) is 10.6. The van der Waals surface area contributed by atoms with Gasteiger partial charge >= 0.3 is 5.97 Å². The maximum absolute atomic E-state index is 11.3. The SMILES string of the molecule is CCOC(=O)CC(C)N(C)CC1CCCO1. The molecule has 2 unspecified atom stereocenters. The van der Waals surface area contributed by atoms with E-state index in [2.05, 4.69) is 4.90 Å². The number of hydrogen-bond donors (Lipinski definition) is 0. The summed E-state index contributed by atoms with van der Waals surface area (Å²) in [4.78, 5) is 13.5. The van der Waals surface area contributed by atoms with Crippen LogP contribution >= 0.6 is 0 Å². The van der Waals surface area contributed by atoms with Crippen LogP contribution in [0, 0.1) is 0 Å². The van der Waals surface area contributed by atoms with Crippen molar-refractivity contribution in [2.75, 3.05) is 26.8 Å². The van der Waals surface area contributed by atoms with Crippen LogP contribution in [0.15, 0.2) is 0 Å². The second-order valence-corrected chi connectivity index (χ2v) is 4.43. The second-order valence-electron chi connectivity index (χ2n) is 4.43. The summed E-state index contributed by atoms with van der Waals surface area (Å²) < 4.78 is 10.5. The molecule has 4 heteroatoms. The van der Waals surface area contributed by atoms with Gasteiger partial charge in [0.15, 0.2) is 0 Å². The lowest BCUT2D eigenvalue weighted by atomic mass is 10.1. The van der Waals surface area contributed by atoms with Crippen molar-refractivity contribution in [3.8, 4) is 0 Å². The largest absolute Gasteiger partial charge is 0.466 e. The van der Waals surface area contributed by atoms with E-state index in [1.165, 1.54) is 0 Å². The molecule has 1 saturated heterocycles. The predicted molar refractivity (Wildman–Crippen MR) is 62.3 cm³/mol. The van der Waals surface area contributed by atoms with Crippen LogP contribution < -0.4 is 0 Å². The van der Waals surface area contributed by atoms with Crippen molar-refractivity contribution in [1.29, 1.82) is 0 Å². The van der Waals surface area contributed by atoms with Gasteiger partial charge in [0, 0.05) is 19.2 Å². The minimum atomic E-state index is -0.116. The number of esters is 1. The summed E-state index contributed by atoms with van der Waals surface area (Å²) in [5.74, 6) is -0.116. The van der Waals surface area contributed by atoms with E-state index in [0.29, 0.717) is 19.1 Å². The smallest absolute Gasteiger partial charge is 0.307 e. The highest BCUT2D eigenvalue weighted by molar-refractivity contribution is 5.69. The topological polar surface area (TPSA) is 38.8 Å². The highest BCUT2D eigenvalue weighted by atomic mass is 16.5. The van der Waals surface area contributed by atoms with E-state index in [4.69, 9.17) is 9.47 Å². The average Bonchev–Trinajstić information content (AvgIpc) is 2.70. The molecule has 1 fully saturated rings. The van der Waals surface area contributed by atoms with Crippen molar-refractivity contribution in [2.24, 2.45) is 0 Å². The Kier molecular flexibility index (Phi) is 5.77. The summed E-state index contributed by atoms with van der Waals surface area (Å²) in [5, 5.41) is 0. The van der Waals surface area contributed by atoms with Crippen molar-refractivity contribution < 1.29 is 14.3 Å². The lowest BCUT2D eigenvalue weighted by Gasteiger charge is -2.26. The minimum absolute atomic E-state index is 0.116. The van der Waals surface area contributed by atoms with Gasteiger partial charge in [-0.15, -0.1) is 0 Å². The fourth-order valence-corrected chi connectivity index (χ4v) is 1.91. The van der Waals surface area contributed by atoms with Crippen molar-refractivity contribution in [2.45, 2.75) is 45.3 Å². The molecule has 0 N–H and O–H groups in total. The molecule has 16 heavy (non-hydrogen) atoms. The van der Waals surface area contributed by atoms with Crippen LogP contribution in [0.1, 0.15) is 33.1 Å². The highest BCUT2D eigenvalue weighted by Crippen LogP contribution is 2.14. The van der Waals surface area contributed by atoms with Gasteiger partial charge in [0.1, 0.15) is 0 Å². The second kappa shape index (κ2) is 6.86. The van der Waals surface area contributed by atoms with Crippen LogP contribution in [-0.4, -0.2) is 49.8 Å². The first-order chi connectivity index (χ1) is 7.63. The molecule has 0 aromatic rings. The molecular weight excluding hydrogens is 206 g/mol. The number of hydrogen-bond acceptors (Lipinski definition) is 4. The molecule has 0 radical (unpaired) electrons. The molecule has 0 amide bonds. The van der Waals surface area contributed by atoms with Gasteiger partial charge in [-0.05, 0) is 33.7 Å². The molecule has 1 heterocycles. The molecule has 0 bridgehead atoms. The number of rotatable bonds is 6. The third-order valence-corrected chi connectivity index (χ3v) is 3.04. The third kappa shape index (κ3) is 4.49. The molecule has 2 atom stereocenters. The molecule has 1 aliphatic heterocycles. The standard InChI is InChI=1S/C12H23NO3/c1-4-15-12(14)8-10(2)13(3)9-11-6-5-7-16-11/h10-11H,4-9H2,1-3H3. The van der Waals surface area contributed by atoms with Crippen molar-refractivity contribution >= 4 is 5.97 Å². The fourth-order valence-electron chi connectivity index (χ4n) is 1.91. The van der Waals surface area contributed by atoms with Gasteiger partial charge in [-0.3, -0.25) is 4.79 Å². The molecule has 0 aliphatic carbocycles. The molecule has 0 aromatic carbocycles. The molecule has 1 aliphatic rings. The zero-order chi connectivity index (χ0) is 12.0. The molecule has 0 saturated carbocycles. The molecule has 0 spiro atoms. The first-order valence-electron chi connectivity index (χ1n) is 6.11. The Balaban J connectivity index is 2.23. The van der Waals surface area contributed by atoms with Crippen molar-refractivity contribution in [1.82, 2.24) is 4.90 Å². The summed E-state index contributed by atoms with van der Waals surface area (Å²) in [7, 11) is 2.03. The van der Waals surface area contributed by atoms with E-state index in [0.717, 1.165) is 26.0 Å². The third-order valence-electron chi connectivity index (χ3n) is 3.04. The lowest BCUT2D eigenvalue weighted by Crippen LogP contribution is -2.37. The predicted octanol–water partition coefficient (Wildman–Crippen LogP) is 1.44. The van der Waals surface area contributed by atoms with Crippen molar-refractivity contribution in [3.63, 3.8) is 0 Å². The molecule has 1 rings (SSSR count). The summed E-state index contributed by atoms with van der Waals surface area (Å²) in [6.07, 6.45) is 3.09. The molecule has 4 nitrogen and oxygen atoms in total. The number of carbonyl (C=O) groups is 1. The summed E-state index contributed by atoms with van der Waals surface area (Å²) in [6, 6.07) is 0.211. The van der Waals surface area contributed by atoms with Gasteiger partial charge in [-0.25, -0.2) is 0 Å². The van der Waals surface area contributed by atoms with Gasteiger partial charge in [0.2, 0.25) is 0 Å². The first-order valence-corrected chi connectivity index (χ1v) is 6.11. The minimum Gasteiger partial charge on any atom is -0.466 e. The summed E-state index contributed by atoms with van der Waals surface area (Å²) in [5.41, 5.74) is 0. The summed E-state index contributed by atoms with van der Waals surface area (Å²) in [6.45, 7) is 6.12. The maximum Gasteiger partial charge on any atom is 0.307 e. The van der Waals surface area contributed by atoms with Gasteiger partial charge in [-0.1, -0.05) is 0 Å². The van der Waals surface area contributed by atoms with Gasteiger partial charge in [-0.2, -0.15) is 0 Å². The number of likely N-dealkylation sites (N-methyl/N-ethyl adjacent to an activating group) is 1. The Hall–Kier alpha value is -0.610. The van der Waals surface area contributed by atoms with E-state index < -0.39 is 0 Å². The summed E-state index contributed by atoms with van der Waals surface area (Å²) >= 11 is 0. The van der Waals surface area contributed by atoms with E-state index in [9.17, 15) is 4.79 Å². The fraction of sp³-hybridized carbons (Fsp3) is 0.917. The quantitative estimate of drug-likeness (QED) is 0.646. The highest BCUT2D eigenvalue weighted by Gasteiger charge is 2.21. The first kappa shape index (κ1) is 13.5. The van der Waals surface area contributed by atoms with Gasteiger partial charge in [0.25, 0.3) is 0 Å². The Bertz CT molecular complexity index is 214. The monoisotopic (exact) mass is 229 g/mol. The van der Waals surface area contributed by atoms with Crippen LogP contribution in [0.4, 0.5) is 0 Å². The Morgan fingerprint density at radius 1 is 1.62 bits per heavy atom. The normalized spacial score (nSPS) is 22.4. The molecule has 0 aromatic heterocycles. The number of nitrogens with zero attached hydrogens (tertiary/aromatic N) is 1. The van der Waals surface area contributed by atoms with E-state index in [-0.39, 0.29) is 12.0 Å². The molecule has 94 valence electrons. The van der Waals surface area contributed by atoms with Crippen LogP contribution in [-0.2, 0) is 14.3 Å². The number of ether oxygens (including phenoxy) is 2. The van der Waals surface area contributed by atoms with Gasteiger partial charge in [0.05, 0.1) is 19.1 Å². The zero-order valence-electron chi connectivity index (χ0n) is 10.6. The number of carbonyl (C=O) groups excluding carboxylic acids is 1. The van der Waals surface area contributed by atoms with E-state index in [1.54, 1.807) is 0 Å². The van der Waals surface area contributed by atoms with Crippen LogP contribution in [0.5, 0.6) is 0 Å². The van der Waals surface area contributed by atoms with E-state index >= 15 is 0 Å². The van der Waals surface area contributed by atoms with Crippen molar-refractivity contribution in [3.05, 3.63) is 0 Å². The van der Waals surface area contributed by atoms with Crippen LogP contribution in [0.2, 0.25) is 0 Å². The van der Waals surface area contributed by atoms with Crippen LogP contribution in [0.25, 0.3) is 0 Å². The maximum atomic E-state index is 11.3. The van der Waals surface area contributed by atoms with Gasteiger partial charge < -0.3 is 14.4 Å². The Morgan fingerprint density at radius 2 is 2.38 bits per heavy atom.